The number of amides is 1. The predicted octanol–water partition coefficient (Wildman–Crippen LogP) is 2.62. The Morgan fingerprint density at radius 2 is 2.00 bits per heavy atom. The van der Waals surface area contributed by atoms with Crippen LogP contribution >= 0.6 is 0 Å². The summed E-state index contributed by atoms with van der Waals surface area (Å²) >= 11 is 0. The Bertz CT molecular complexity index is 497. The largest absolute Gasteiger partial charge is 0.444 e. The normalized spacial score (nSPS) is 21.5. The molecule has 1 saturated heterocycles. The van der Waals surface area contributed by atoms with Crippen molar-refractivity contribution in [3.05, 3.63) is 35.9 Å². The highest BCUT2D eigenvalue weighted by Crippen LogP contribution is 2.21. The Hall–Kier alpha value is -1.59. The van der Waals surface area contributed by atoms with Crippen molar-refractivity contribution in [1.29, 1.82) is 0 Å². The number of rotatable bonds is 5. The van der Waals surface area contributed by atoms with E-state index in [9.17, 15) is 9.90 Å². The zero-order valence-corrected chi connectivity index (χ0v) is 14.2. The number of likely N-dealkylation sites (tertiary alicyclic amines) is 1. The molecule has 1 amide bonds. The van der Waals surface area contributed by atoms with Crippen LogP contribution in [0.2, 0.25) is 0 Å². The van der Waals surface area contributed by atoms with Crippen molar-refractivity contribution in [3.63, 3.8) is 0 Å². The standard InChI is InChI=1S/C18H27NO4/c1-18(2,3)23-17(21)19-12-16(20)11-15(19)13-22-10-9-14-7-5-4-6-8-14/h4-8,15-16,20H,9-13H2,1-3H3/t15-,16?/m1/s1. The van der Waals surface area contributed by atoms with Gasteiger partial charge in [0.05, 0.1) is 31.9 Å². The van der Waals surface area contributed by atoms with Crippen LogP contribution in [-0.2, 0) is 15.9 Å². The van der Waals surface area contributed by atoms with Crippen LogP contribution in [0.5, 0.6) is 0 Å². The van der Waals surface area contributed by atoms with E-state index >= 15 is 0 Å². The minimum atomic E-state index is -0.538. The summed E-state index contributed by atoms with van der Waals surface area (Å²) in [4.78, 5) is 13.8. The molecule has 128 valence electrons. The van der Waals surface area contributed by atoms with Gasteiger partial charge in [0.25, 0.3) is 0 Å². The van der Waals surface area contributed by atoms with Gasteiger partial charge in [0.2, 0.25) is 0 Å². The van der Waals surface area contributed by atoms with Crippen LogP contribution in [0.1, 0.15) is 32.8 Å². The molecule has 1 aliphatic heterocycles. The van der Waals surface area contributed by atoms with E-state index in [1.165, 1.54) is 5.56 Å². The second-order valence-electron chi connectivity index (χ2n) is 6.99. The number of aliphatic hydroxyl groups is 1. The molecule has 2 atom stereocenters. The molecule has 0 bridgehead atoms. The molecule has 1 heterocycles. The molecule has 5 heteroatoms. The van der Waals surface area contributed by atoms with Gasteiger partial charge in [-0.25, -0.2) is 4.79 Å². The quantitative estimate of drug-likeness (QED) is 0.847. The van der Waals surface area contributed by atoms with Gasteiger partial charge < -0.3 is 19.5 Å². The van der Waals surface area contributed by atoms with Crippen LogP contribution in [0, 0.1) is 0 Å². The van der Waals surface area contributed by atoms with Crippen molar-refractivity contribution < 1.29 is 19.4 Å². The predicted molar refractivity (Wildman–Crippen MR) is 88.3 cm³/mol. The maximum atomic E-state index is 12.2. The zero-order chi connectivity index (χ0) is 16.9. The lowest BCUT2D eigenvalue weighted by Crippen LogP contribution is -2.42. The molecule has 0 aliphatic carbocycles. The summed E-state index contributed by atoms with van der Waals surface area (Å²) < 4.78 is 11.1. The van der Waals surface area contributed by atoms with Gasteiger partial charge in [-0.1, -0.05) is 30.3 Å². The number of hydrogen-bond donors (Lipinski definition) is 1. The Morgan fingerprint density at radius 3 is 2.65 bits per heavy atom. The van der Waals surface area contributed by atoms with E-state index in [0.717, 1.165) is 6.42 Å². The molecule has 23 heavy (non-hydrogen) atoms. The highest BCUT2D eigenvalue weighted by atomic mass is 16.6. The van der Waals surface area contributed by atoms with E-state index in [0.29, 0.717) is 26.2 Å². The van der Waals surface area contributed by atoms with Gasteiger partial charge in [-0.15, -0.1) is 0 Å². The van der Waals surface area contributed by atoms with E-state index in [4.69, 9.17) is 9.47 Å². The van der Waals surface area contributed by atoms with Gasteiger partial charge in [-0.3, -0.25) is 0 Å². The van der Waals surface area contributed by atoms with Gasteiger partial charge in [0, 0.05) is 0 Å². The van der Waals surface area contributed by atoms with Gasteiger partial charge in [-0.2, -0.15) is 0 Å². The van der Waals surface area contributed by atoms with Crippen molar-refractivity contribution >= 4 is 6.09 Å². The van der Waals surface area contributed by atoms with Gasteiger partial charge in [0.15, 0.2) is 0 Å². The fraction of sp³-hybridized carbons (Fsp3) is 0.611. The topological polar surface area (TPSA) is 59.0 Å². The smallest absolute Gasteiger partial charge is 0.410 e. The Labute approximate surface area is 138 Å². The number of carbonyl (C=O) groups excluding carboxylic acids is 1. The lowest BCUT2D eigenvalue weighted by atomic mass is 10.2. The molecule has 1 aromatic carbocycles. The molecular formula is C18H27NO4. The van der Waals surface area contributed by atoms with Crippen LogP contribution in [0.25, 0.3) is 0 Å². The van der Waals surface area contributed by atoms with Crippen molar-refractivity contribution in [3.8, 4) is 0 Å². The number of carbonyl (C=O) groups is 1. The number of hydrogen-bond acceptors (Lipinski definition) is 4. The molecule has 1 aliphatic rings. The summed E-state index contributed by atoms with van der Waals surface area (Å²) in [5, 5.41) is 9.85. The van der Waals surface area contributed by atoms with Crippen molar-refractivity contribution in [2.45, 2.75) is 51.4 Å². The molecule has 0 radical (unpaired) electrons. The summed E-state index contributed by atoms with van der Waals surface area (Å²) in [6.45, 7) is 6.83. The first-order valence-electron chi connectivity index (χ1n) is 8.14. The van der Waals surface area contributed by atoms with Crippen LogP contribution in [0.3, 0.4) is 0 Å². The molecule has 1 fully saturated rings. The van der Waals surface area contributed by atoms with E-state index in [2.05, 4.69) is 12.1 Å². The van der Waals surface area contributed by atoms with Crippen molar-refractivity contribution in [2.24, 2.45) is 0 Å². The van der Waals surface area contributed by atoms with Gasteiger partial charge >= 0.3 is 6.09 Å². The second kappa shape index (κ2) is 7.79. The third-order valence-electron chi connectivity index (χ3n) is 3.71. The van der Waals surface area contributed by atoms with Crippen LogP contribution in [0.15, 0.2) is 30.3 Å². The number of aliphatic hydroxyl groups excluding tert-OH is 1. The molecule has 2 rings (SSSR count). The average molecular weight is 321 g/mol. The van der Waals surface area contributed by atoms with Crippen molar-refractivity contribution in [1.82, 2.24) is 4.90 Å². The Kier molecular flexibility index (Phi) is 6.02. The fourth-order valence-corrected chi connectivity index (χ4v) is 2.65. The summed E-state index contributed by atoms with van der Waals surface area (Å²) in [7, 11) is 0. The van der Waals surface area contributed by atoms with E-state index in [1.54, 1.807) is 4.90 Å². The first-order chi connectivity index (χ1) is 10.8. The number of nitrogens with zero attached hydrogens (tertiary/aromatic N) is 1. The van der Waals surface area contributed by atoms with Crippen LogP contribution in [0.4, 0.5) is 4.79 Å². The molecule has 1 N–H and O–H groups in total. The highest BCUT2D eigenvalue weighted by molar-refractivity contribution is 5.69. The zero-order valence-electron chi connectivity index (χ0n) is 14.2. The molecule has 0 aromatic heterocycles. The first kappa shape index (κ1) is 17.8. The Balaban J connectivity index is 1.79. The van der Waals surface area contributed by atoms with E-state index in [1.807, 2.05) is 39.0 Å². The molecule has 1 aromatic rings. The third kappa shape index (κ3) is 5.84. The average Bonchev–Trinajstić information content (AvgIpc) is 2.84. The number of β-amino-alcohol motifs (C(OH)–C–C–N with tert-alkyl or cyclic N) is 1. The minimum Gasteiger partial charge on any atom is -0.444 e. The summed E-state index contributed by atoms with van der Waals surface area (Å²) in [6, 6.07) is 10.0. The second-order valence-corrected chi connectivity index (χ2v) is 6.99. The van der Waals surface area contributed by atoms with Gasteiger partial charge in [0.1, 0.15) is 5.60 Å². The van der Waals surface area contributed by atoms with Crippen molar-refractivity contribution in [2.75, 3.05) is 19.8 Å². The Morgan fingerprint density at radius 1 is 1.30 bits per heavy atom. The first-order valence-corrected chi connectivity index (χ1v) is 8.14. The number of ether oxygens (including phenoxy) is 2. The molecule has 0 saturated carbocycles. The van der Waals surface area contributed by atoms with Crippen LogP contribution in [-0.4, -0.2) is 53.6 Å². The molecule has 5 nitrogen and oxygen atoms in total. The lowest BCUT2D eigenvalue weighted by molar-refractivity contribution is 0.0100. The number of benzene rings is 1. The third-order valence-corrected chi connectivity index (χ3v) is 3.71. The highest BCUT2D eigenvalue weighted by Gasteiger charge is 2.36. The molecule has 0 spiro atoms. The lowest BCUT2D eigenvalue weighted by Gasteiger charge is -2.28. The molecular weight excluding hydrogens is 294 g/mol. The SMILES string of the molecule is CC(C)(C)OC(=O)N1CC(O)C[C@@H]1COCCc1ccccc1. The summed E-state index contributed by atoms with van der Waals surface area (Å²) in [5.74, 6) is 0. The van der Waals surface area contributed by atoms with E-state index < -0.39 is 11.7 Å². The van der Waals surface area contributed by atoms with E-state index in [-0.39, 0.29) is 12.1 Å². The monoisotopic (exact) mass is 321 g/mol. The van der Waals surface area contributed by atoms with Gasteiger partial charge in [-0.05, 0) is 39.2 Å². The summed E-state index contributed by atoms with van der Waals surface area (Å²) in [6.07, 6.45) is 0.476. The maximum absolute atomic E-state index is 12.2. The summed E-state index contributed by atoms with van der Waals surface area (Å²) in [5.41, 5.74) is 0.687. The fourth-order valence-electron chi connectivity index (χ4n) is 2.65. The maximum Gasteiger partial charge on any atom is 0.410 e. The molecule has 1 unspecified atom stereocenters. The minimum absolute atomic E-state index is 0.129. The van der Waals surface area contributed by atoms with Crippen LogP contribution < -0.4 is 0 Å².